The molecule has 1 fully saturated rings. The molecule has 0 atom stereocenters. The van der Waals surface area contributed by atoms with Crippen LogP contribution < -0.4 is 10.6 Å². The molecule has 1 aromatic carbocycles. The van der Waals surface area contributed by atoms with Gasteiger partial charge in [0.05, 0.1) is 5.69 Å². The van der Waals surface area contributed by atoms with E-state index in [-0.39, 0.29) is 17.4 Å². The van der Waals surface area contributed by atoms with Crippen LogP contribution in [-0.2, 0) is 0 Å². The number of hydrogen-bond donors (Lipinski definition) is 3. The third-order valence-corrected chi connectivity index (χ3v) is 4.64. The summed E-state index contributed by atoms with van der Waals surface area (Å²) in [7, 11) is 0. The van der Waals surface area contributed by atoms with Crippen LogP contribution in [0.4, 0.5) is 14.5 Å². The normalized spacial score (nSPS) is 19.8. The zero-order chi connectivity index (χ0) is 18.7. The first-order valence-electron chi connectivity index (χ1n) is 8.55. The van der Waals surface area contributed by atoms with E-state index in [4.69, 9.17) is 0 Å². The molecule has 2 amide bonds. The van der Waals surface area contributed by atoms with Crippen LogP contribution in [-0.4, -0.2) is 28.1 Å². The van der Waals surface area contributed by atoms with Gasteiger partial charge in [-0.3, -0.25) is 14.7 Å². The maximum atomic E-state index is 13.7. The predicted octanol–water partition coefficient (Wildman–Crippen LogP) is 3.25. The molecule has 3 N–H and O–H groups in total. The van der Waals surface area contributed by atoms with Crippen LogP contribution in [0.1, 0.15) is 53.5 Å². The van der Waals surface area contributed by atoms with Crippen molar-refractivity contribution in [2.45, 2.75) is 38.6 Å². The van der Waals surface area contributed by atoms with Crippen LogP contribution in [0.3, 0.4) is 0 Å². The molecule has 0 bridgehead atoms. The number of carbonyl (C=O) groups excluding carboxylic acids is 2. The average Bonchev–Trinajstić information content (AvgIpc) is 3.05. The first-order valence-corrected chi connectivity index (χ1v) is 8.55. The number of H-pyrrole nitrogens is 1. The van der Waals surface area contributed by atoms with Gasteiger partial charge in [-0.2, -0.15) is 5.10 Å². The van der Waals surface area contributed by atoms with E-state index >= 15 is 0 Å². The Hall–Kier alpha value is -2.77. The highest BCUT2D eigenvalue weighted by Gasteiger charge is 2.24. The van der Waals surface area contributed by atoms with Crippen LogP contribution in [0, 0.1) is 17.6 Å². The summed E-state index contributed by atoms with van der Waals surface area (Å²) in [6.07, 6.45) is 5.16. The fourth-order valence-electron chi connectivity index (χ4n) is 3.12. The van der Waals surface area contributed by atoms with E-state index in [1.54, 1.807) is 0 Å². The summed E-state index contributed by atoms with van der Waals surface area (Å²) in [5.74, 6) is -2.72. The van der Waals surface area contributed by atoms with Gasteiger partial charge in [0.25, 0.3) is 11.8 Å². The molecule has 0 saturated heterocycles. The molecule has 26 heavy (non-hydrogen) atoms. The van der Waals surface area contributed by atoms with Crippen LogP contribution in [0.25, 0.3) is 0 Å². The van der Waals surface area contributed by atoms with Crippen molar-refractivity contribution in [3.05, 3.63) is 47.3 Å². The Morgan fingerprint density at radius 1 is 1.12 bits per heavy atom. The number of nitrogens with zero attached hydrogens (tertiary/aromatic N) is 1. The lowest BCUT2D eigenvalue weighted by Crippen LogP contribution is -2.37. The fraction of sp³-hybridized carbons (Fsp3) is 0.389. The third kappa shape index (κ3) is 3.89. The van der Waals surface area contributed by atoms with Crippen LogP contribution in [0.2, 0.25) is 0 Å². The van der Waals surface area contributed by atoms with Gasteiger partial charge in [-0.1, -0.05) is 13.0 Å². The van der Waals surface area contributed by atoms with E-state index in [0.29, 0.717) is 5.92 Å². The Balaban J connectivity index is 1.70. The molecule has 3 rings (SSSR count). The number of nitrogens with one attached hydrogen (secondary N) is 3. The first kappa shape index (κ1) is 18.0. The van der Waals surface area contributed by atoms with Crippen molar-refractivity contribution in [1.82, 2.24) is 15.5 Å². The van der Waals surface area contributed by atoms with Crippen molar-refractivity contribution >= 4 is 17.5 Å². The quantitative estimate of drug-likeness (QED) is 0.780. The van der Waals surface area contributed by atoms with Gasteiger partial charge in [0.1, 0.15) is 17.2 Å². The molecular weight excluding hydrogens is 342 g/mol. The zero-order valence-electron chi connectivity index (χ0n) is 14.3. The largest absolute Gasteiger partial charge is 0.348 e. The van der Waals surface area contributed by atoms with E-state index in [1.807, 2.05) is 0 Å². The van der Waals surface area contributed by atoms with Gasteiger partial charge in [0.15, 0.2) is 5.69 Å². The van der Waals surface area contributed by atoms with Crippen molar-refractivity contribution in [2.75, 3.05) is 5.32 Å². The summed E-state index contributed by atoms with van der Waals surface area (Å²) in [5.41, 5.74) is -0.658. The molecule has 6 nitrogen and oxygen atoms in total. The van der Waals surface area contributed by atoms with Gasteiger partial charge >= 0.3 is 0 Å². The first-order chi connectivity index (χ1) is 12.5. The topological polar surface area (TPSA) is 86.9 Å². The Bertz CT molecular complexity index is 793. The molecule has 8 heteroatoms. The minimum absolute atomic E-state index is 0.0197. The average molecular weight is 362 g/mol. The number of halogens is 2. The molecule has 2 aromatic rings. The molecule has 1 aliphatic carbocycles. The molecular formula is C18H20F2N4O2. The lowest BCUT2D eigenvalue weighted by Gasteiger charge is -2.26. The summed E-state index contributed by atoms with van der Waals surface area (Å²) >= 11 is 0. The van der Waals surface area contributed by atoms with E-state index < -0.39 is 29.0 Å². The molecule has 1 aromatic heterocycles. The van der Waals surface area contributed by atoms with Crippen LogP contribution in [0.5, 0.6) is 0 Å². The Labute approximate surface area is 149 Å². The number of aromatic amines is 1. The van der Waals surface area contributed by atoms with Gasteiger partial charge in [0, 0.05) is 12.2 Å². The Morgan fingerprint density at radius 2 is 1.77 bits per heavy atom. The van der Waals surface area contributed by atoms with Gasteiger partial charge in [0.2, 0.25) is 0 Å². The zero-order valence-corrected chi connectivity index (χ0v) is 14.3. The van der Waals surface area contributed by atoms with Crippen molar-refractivity contribution in [3.8, 4) is 0 Å². The van der Waals surface area contributed by atoms with E-state index in [9.17, 15) is 18.4 Å². The highest BCUT2D eigenvalue weighted by Crippen LogP contribution is 2.24. The van der Waals surface area contributed by atoms with E-state index in [1.165, 1.54) is 12.3 Å². The number of anilines is 1. The van der Waals surface area contributed by atoms with Crippen molar-refractivity contribution in [1.29, 1.82) is 0 Å². The standard InChI is InChI=1S/C18H20F2N4O2/c1-10-5-7-11(8-6-10)22-18(26)16-14(9-21-24-16)23-17(25)15-12(19)3-2-4-13(15)20/h2-4,9-11H,5-8H2,1H3,(H,21,24)(H,22,26)(H,23,25). The number of hydrogen-bond acceptors (Lipinski definition) is 3. The van der Waals surface area contributed by atoms with Crippen molar-refractivity contribution in [3.63, 3.8) is 0 Å². The summed E-state index contributed by atoms with van der Waals surface area (Å²) < 4.78 is 27.5. The van der Waals surface area contributed by atoms with Gasteiger partial charge in [-0.05, 0) is 43.7 Å². The van der Waals surface area contributed by atoms with Crippen LogP contribution in [0.15, 0.2) is 24.4 Å². The van der Waals surface area contributed by atoms with Gasteiger partial charge < -0.3 is 10.6 Å². The van der Waals surface area contributed by atoms with Crippen molar-refractivity contribution < 1.29 is 18.4 Å². The van der Waals surface area contributed by atoms with Crippen LogP contribution >= 0.6 is 0 Å². The number of amides is 2. The molecule has 1 saturated carbocycles. The molecule has 1 aliphatic rings. The smallest absolute Gasteiger partial charge is 0.274 e. The highest BCUT2D eigenvalue weighted by atomic mass is 19.1. The minimum atomic E-state index is -0.984. The second-order valence-corrected chi connectivity index (χ2v) is 6.63. The molecule has 0 unspecified atom stereocenters. The lowest BCUT2D eigenvalue weighted by molar-refractivity contribution is 0.0919. The maximum Gasteiger partial charge on any atom is 0.274 e. The lowest BCUT2D eigenvalue weighted by atomic mass is 9.87. The van der Waals surface area contributed by atoms with Gasteiger partial charge in [-0.25, -0.2) is 8.78 Å². The number of carbonyl (C=O) groups is 2. The highest BCUT2D eigenvalue weighted by molar-refractivity contribution is 6.08. The number of benzene rings is 1. The molecule has 1 heterocycles. The second-order valence-electron chi connectivity index (χ2n) is 6.63. The molecule has 0 aliphatic heterocycles. The van der Waals surface area contributed by atoms with Gasteiger partial charge in [-0.15, -0.1) is 0 Å². The number of aromatic nitrogens is 2. The second kappa shape index (κ2) is 7.63. The summed E-state index contributed by atoms with van der Waals surface area (Å²) in [6.45, 7) is 2.18. The number of rotatable bonds is 4. The van der Waals surface area contributed by atoms with E-state index in [2.05, 4.69) is 27.8 Å². The molecule has 138 valence electrons. The summed E-state index contributed by atoms with van der Waals surface area (Å²) in [4.78, 5) is 24.6. The Kier molecular flexibility index (Phi) is 5.29. The van der Waals surface area contributed by atoms with Crippen molar-refractivity contribution in [2.24, 2.45) is 5.92 Å². The SMILES string of the molecule is CC1CCC(NC(=O)c2n[nH]cc2NC(=O)c2c(F)cccc2F)CC1. The molecule has 0 radical (unpaired) electrons. The monoisotopic (exact) mass is 362 g/mol. The minimum Gasteiger partial charge on any atom is -0.348 e. The Morgan fingerprint density at radius 3 is 2.42 bits per heavy atom. The summed E-state index contributed by atoms with van der Waals surface area (Å²) in [6, 6.07) is 3.21. The predicted molar refractivity (Wildman–Crippen MR) is 91.8 cm³/mol. The summed E-state index contributed by atoms with van der Waals surface area (Å²) in [5, 5.41) is 11.6. The maximum absolute atomic E-state index is 13.7. The molecule has 0 spiro atoms. The van der Waals surface area contributed by atoms with E-state index in [0.717, 1.165) is 37.8 Å². The third-order valence-electron chi connectivity index (χ3n) is 4.64. The fourth-order valence-corrected chi connectivity index (χ4v) is 3.12.